The van der Waals surface area contributed by atoms with Crippen LogP contribution in [0.2, 0.25) is 0 Å². The molecule has 0 heterocycles. The highest BCUT2D eigenvalue weighted by Crippen LogP contribution is 2.28. The van der Waals surface area contributed by atoms with E-state index in [0.29, 0.717) is 11.4 Å². The SMILES string of the molecule is CCN(CCC#N)S(=O)(=O)c1c(C)c(C)cc(C)c1C. The fraction of sp³-hybridized carbons (Fsp3) is 0.533. The molecule has 5 heteroatoms. The third-order valence-corrected chi connectivity index (χ3v) is 5.97. The molecule has 0 amide bonds. The van der Waals surface area contributed by atoms with Crippen molar-refractivity contribution in [1.82, 2.24) is 4.31 Å². The largest absolute Gasteiger partial charge is 0.243 e. The summed E-state index contributed by atoms with van der Waals surface area (Å²) in [5.74, 6) is 0. The minimum Gasteiger partial charge on any atom is -0.207 e. The van der Waals surface area contributed by atoms with E-state index in [1.54, 1.807) is 6.92 Å². The number of aryl methyl sites for hydroxylation is 2. The maximum absolute atomic E-state index is 12.8. The normalized spacial score (nSPS) is 11.7. The summed E-state index contributed by atoms with van der Waals surface area (Å²) in [6, 6.07) is 4.01. The molecule has 1 aromatic rings. The second-order valence-electron chi connectivity index (χ2n) is 4.99. The Morgan fingerprint density at radius 3 is 2.05 bits per heavy atom. The number of nitriles is 1. The Balaban J connectivity index is 3.46. The summed E-state index contributed by atoms with van der Waals surface area (Å²) in [4.78, 5) is 0.398. The Kier molecular flexibility index (Phi) is 5.32. The Morgan fingerprint density at radius 1 is 1.15 bits per heavy atom. The van der Waals surface area contributed by atoms with Crippen LogP contribution in [0.25, 0.3) is 0 Å². The molecule has 0 aliphatic heterocycles. The van der Waals surface area contributed by atoms with Crippen LogP contribution in [0.4, 0.5) is 0 Å². The number of hydrogen-bond acceptors (Lipinski definition) is 3. The molecule has 0 spiro atoms. The lowest BCUT2D eigenvalue weighted by Gasteiger charge is -2.23. The standard InChI is InChI=1S/C15H22N2O2S/c1-6-17(9-7-8-16)20(18,19)15-13(4)11(2)10-12(3)14(15)5/h10H,6-7,9H2,1-5H3. The van der Waals surface area contributed by atoms with Gasteiger partial charge in [-0.15, -0.1) is 0 Å². The van der Waals surface area contributed by atoms with Crippen LogP contribution < -0.4 is 0 Å². The van der Waals surface area contributed by atoms with Gasteiger partial charge in [0, 0.05) is 19.5 Å². The number of hydrogen-bond donors (Lipinski definition) is 0. The fourth-order valence-corrected chi connectivity index (χ4v) is 4.35. The number of nitrogens with zero attached hydrogens (tertiary/aromatic N) is 2. The van der Waals surface area contributed by atoms with Gasteiger partial charge in [-0.05, 0) is 49.9 Å². The van der Waals surface area contributed by atoms with Gasteiger partial charge in [-0.25, -0.2) is 8.42 Å². The summed E-state index contributed by atoms with van der Waals surface area (Å²) in [6.07, 6.45) is 0.204. The Morgan fingerprint density at radius 2 is 1.65 bits per heavy atom. The van der Waals surface area contributed by atoms with Crippen molar-refractivity contribution in [1.29, 1.82) is 5.26 Å². The van der Waals surface area contributed by atoms with Crippen LogP contribution in [0.15, 0.2) is 11.0 Å². The van der Waals surface area contributed by atoms with Crippen molar-refractivity contribution in [2.24, 2.45) is 0 Å². The smallest absolute Gasteiger partial charge is 0.207 e. The Hall–Kier alpha value is -1.38. The van der Waals surface area contributed by atoms with Gasteiger partial charge in [-0.1, -0.05) is 13.0 Å². The van der Waals surface area contributed by atoms with Crippen LogP contribution in [-0.2, 0) is 10.0 Å². The first-order valence-electron chi connectivity index (χ1n) is 6.71. The van der Waals surface area contributed by atoms with Crippen molar-refractivity contribution in [2.45, 2.75) is 45.9 Å². The molecule has 110 valence electrons. The highest BCUT2D eigenvalue weighted by Gasteiger charge is 2.27. The van der Waals surface area contributed by atoms with Crippen LogP contribution in [0, 0.1) is 39.0 Å². The third-order valence-electron chi connectivity index (χ3n) is 3.72. The second kappa shape index (κ2) is 6.38. The third kappa shape index (κ3) is 3.02. The van der Waals surface area contributed by atoms with Gasteiger partial charge in [0.1, 0.15) is 0 Å². The quantitative estimate of drug-likeness (QED) is 0.839. The van der Waals surface area contributed by atoms with Gasteiger partial charge in [-0.3, -0.25) is 0 Å². The minimum absolute atomic E-state index is 0.204. The molecule has 20 heavy (non-hydrogen) atoms. The average molecular weight is 294 g/mol. The molecule has 0 bridgehead atoms. The molecule has 4 nitrogen and oxygen atoms in total. The van der Waals surface area contributed by atoms with Crippen LogP contribution in [0.3, 0.4) is 0 Å². The van der Waals surface area contributed by atoms with Gasteiger partial charge in [0.05, 0.1) is 11.0 Å². The van der Waals surface area contributed by atoms with E-state index in [-0.39, 0.29) is 13.0 Å². The van der Waals surface area contributed by atoms with Gasteiger partial charge < -0.3 is 0 Å². The summed E-state index contributed by atoms with van der Waals surface area (Å²) in [6.45, 7) is 9.93. The molecular weight excluding hydrogens is 272 g/mol. The summed E-state index contributed by atoms with van der Waals surface area (Å²) in [5.41, 5.74) is 3.54. The van der Waals surface area contributed by atoms with E-state index in [1.807, 2.05) is 39.8 Å². The van der Waals surface area contributed by atoms with Crippen molar-refractivity contribution in [3.63, 3.8) is 0 Å². The molecule has 0 saturated heterocycles. The van der Waals surface area contributed by atoms with Crippen molar-refractivity contribution >= 4 is 10.0 Å². The van der Waals surface area contributed by atoms with Crippen molar-refractivity contribution in [3.8, 4) is 6.07 Å². The van der Waals surface area contributed by atoms with E-state index in [1.165, 1.54) is 4.31 Å². The van der Waals surface area contributed by atoms with Crippen molar-refractivity contribution in [2.75, 3.05) is 13.1 Å². The van der Waals surface area contributed by atoms with E-state index < -0.39 is 10.0 Å². The van der Waals surface area contributed by atoms with E-state index in [9.17, 15) is 8.42 Å². The zero-order valence-electron chi connectivity index (χ0n) is 12.8. The summed E-state index contributed by atoms with van der Waals surface area (Å²) < 4.78 is 27.0. The van der Waals surface area contributed by atoms with Crippen LogP contribution in [0.5, 0.6) is 0 Å². The van der Waals surface area contributed by atoms with Crippen molar-refractivity contribution in [3.05, 3.63) is 28.3 Å². The van der Waals surface area contributed by atoms with Gasteiger partial charge >= 0.3 is 0 Å². The number of benzene rings is 1. The molecule has 0 aromatic heterocycles. The first-order valence-corrected chi connectivity index (χ1v) is 8.15. The minimum atomic E-state index is -3.55. The molecule has 1 aromatic carbocycles. The first kappa shape index (κ1) is 16.7. The lowest BCUT2D eigenvalue weighted by atomic mass is 10.0. The molecule has 0 N–H and O–H groups in total. The second-order valence-corrected chi connectivity index (χ2v) is 6.87. The molecule has 0 aliphatic rings. The molecule has 0 unspecified atom stereocenters. The monoisotopic (exact) mass is 294 g/mol. The lowest BCUT2D eigenvalue weighted by molar-refractivity contribution is 0.434. The maximum Gasteiger partial charge on any atom is 0.243 e. The highest BCUT2D eigenvalue weighted by molar-refractivity contribution is 7.89. The topological polar surface area (TPSA) is 61.2 Å². The zero-order chi connectivity index (χ0) is 15.5. The van der Waals surface area contributed by atoms with Crippen LogP contribution in [-0.4, -0.2) is 25.8 Å². The predicted molar refractivity (Wildman–Crippen MR) is 80.1 cm³/mol. The van der Waals surface area contributed by atoms with E-state index in [4.69, 9.17) is 5.26 Å². The Bertz CT molecular complexity index is 617. The maximum atomic E-state index is 12.8. The molecule has 0 atom stereocenters. The predicted octanol–water partition coefficient (Wildman–Crippen LogP) is 2.84. The first-order chi connectivity index (χ1) is 9.27. The van der Waals surface area contributed by atoms with Crippen molar-refractivity contribution < 1.29 is 8.42 Å². The molecular formula is C15H22N2O2S. The summed E-state index contributed by atoms with van der Waals surface area (Å²) >= 11 is 0. The van der Waals surface area contributed by atoms with E-state index in [0.717, 1.165) is 22.3 Å². The summed E-state index contributed by atoms with van der Waals surface area (Å²) in [5, 5.41) is 8.67. The molecule has 0 radical (unpaired) electrons. The number of sulfonamides is 1. The van der Waals surface area contributed by atoms with Gasteiger partial charge in [0.2, 0.25) is 10.0 Å². The highest BCUT2D eigenvalue weighted by atomic mass is 32.2. The zero-order valence-corrected chi connectivity index (χ0v) is 13.6. The number of rotatable bonds is 5. The van der Waals surface area contributed by atoms with Gasteiger partial charge in [0.15, 0.2) is 0 Å². The fourth-order valence-electron chi connectivity index (χ4n) is 2.32. The average Bonchev–Trinajstić information content (AvgIpc) is 2.37. The van der Waals surface area contributed by atoms with Gasteiger partial charge in [-0.2, -0.15) is 9.57 Å². The lowest BCUT2D eigenvalue weighted by Crippen LogP contribution is -2.33. The van der Waals surface area contributed by atoms with Crippen LogP contribution >= 0.6 is 0 Å². The Labute approximate surface area is 122 Å². The van der Waals surface area contributed by atoms with E-state index in [2.05, 4.69) is 0 Å². The van der Waals surface area contributed by atoms with Crippen LogP contribution in [0.1, 0.15) is 35.6 Å². The molecule has 0 fully saturated rings. The molecule has 0 aliphatic carbocycles. The molecule has 1 rings (SSSR count). The molecule has 0 saturated carbocycles. The summed E-state index contributed by atoms with van der Waals surface area (Å²) in [7, 11) is -3.55. The van der Waals surface area contributed by atoms with Gasteiger partial charge in [0.25, 0.3) is 0 Å². The van der Waals surface area contributed by atoms with E-state index >= 15 is 0 Å².